The molecule has 1 aliphatic heterocycles. The van der Waals surface area contributed by atoms with Crippen LogP contribution in [0, 0.1) is 6.92 Å². The molecule has 1 saturated heterocycles. The molecule has 1 fully saturated rings. The Kier molecular flexibility index (Phi) is 4.76. The number of imide groups is 1. The van der Waals surface area contributed by atoms with Gasteiger partial charge in [-0.2, -0.15) is 0 Å². The van der Waals surface area contributed by atoms with Gasteiger partial charge in [-0.05, 0) is 48.5 Å². The SMILES string of the molecule is Cc1cccc(N(CC(N)=O)[C@H]2SC(=O)N(c3ccccc3)C2=O)c1. The monoisotopic (exact) mass is 355 g/mol. The Morgan fingerprint density at radius 3 is 2.52 bits per heavy atom. The zero-order chi connectivity index (χ0) is 18.0. The van der Waals surface area contributed by atoms with E-state index >= 15 is 0 Å². The van der Waals surface area contributed by atoms with Gasteiger partial charge in [0, 0.05) is 5.69 Å². The smallest absolute Gasteiger partial charge is 0.295 e. The number of amides is 3. The van der Waals surface area contributed by atoms with Crippen LogP contribution >= 0.6 is 11.8 Å². The van der Waals surface area contributed by atoms with E-state index < -0.39 is 11.3 Å². The number of hydrogen-bond acceptors (Lipinski definition) is 5. The van der Waals surface area contributed by atoms with Crippen molar-refractivity contribution >= 4 is 40.2 Å². The molecule has 2 aromatic rings. The summed E-state index contributed by atoms with van der Waals surface area (Å²) in [6, 6.07) is 16.1. The van der Waals surface area contributed by atoms with Gasteiger partial charge in [0.1, 0.15) is 0 Å². The molecule has 6 nitrogen and oxygen atoms in total. The van der Waals surface area contributed by atoms with Crippen molar-refractivity contribution in [1.29, 1.82) is 0 Å². The second-order valence-electron chi connectivity index (χ2n) is 5.68. The standard InChI is InChI=1S/C18H17N3O3S/c1-12-6-5-9-14(10-12)20(11-15(19)22)17-16(23)21(18(24)25-17)13-7-3-2-4-8-13/h2-10,17H,11H2,1H3,(H2,19,22)/t17-/m0/s1. The van der Waals surface area contributed by atoms with Crippen molar-refractivity contribution in [3.63, 3.8) is 0 Å². The third-order valence-corrected chi connectivity index (χ3v) is 4.85. The number of anilines is 2. The largest absolute Gasteiger partial charge is 0.368 e. The van der Waals surface area contributed by atoms with Crippen molar-refractivity contribution in [1.82, 2.24) is 0 Å². The fraction of sp³-hybridized carbons (Fsp3) is 0.167. The average Bonchev–Trinajstić information content (AvgIpc) is 2.87. The van der Waals surface area contributed by atoms with Gasteiger partial charge >= 0.3 is 0 Å². The predicted molar refractivity (Wildman–Crippen MR) is 98.4 cm³/mol. The van der Waals surface area contributed by atoms with E-state index in [0.717, 1.165) is 22.2 Å². The maximum absolute atomic E-state index is 12.9. The summed E-state index contributed by atoms with van der Waals surface area (Å²) >= 11 is 0.883. The summed E-state index contributed by atoms with van der Waals surface area (Å²) in [7, 11) is 0. The molecule has 1 aliphatic rings. The number of nitrogens with two attached hydrogens (primary N) is 1. The molecule has 3 rings (SSSR count). The number of carbonyl (C=O) groups is 3. The second-order valence-corrected chi connectivity index (χ2v) is 6.71. The maximum atomic E-state index is 12.9. The van der Waals surface area contributed by atoms with Crippen LogP contribution in [-0.2, 0) is 9.59 Å². The molecule has 2 aromatic carbocycles. The molecular formula is C18H17N3O3S. The van der Waals surface area contributed by atoms with Crippen LogP contribution in [0.3, 0.4) is 0 Å². The summed E-state index contributed by atoms with van der Waals surface area (Å²) in [5, 5.41) is -1.20. The molecule has 0 spiro atoms. The highest BCUT2D eigenvalue weighted by Crippen LogP contribution is 2.35. The van der Waals surface area contributed by atoms with Gasteiger partial charge in [-0.3, -0.25) is 14.4 Å². The van der Waals surface area contributed by atoms with E-state index in [1.807, 2.05) is 31.2 Å². The number of aryl methyl sites for hydroxylation is 1. The zero-order valence-electron chi connectivity index (χ0n) is 13.6. The molecule has 0 radical (unpaired) electrons. The topological polar surface area (TPSA) is 83.7 Å². The van der Waals surface area contributed by atoms with Crippen molar-refractivity contribution in [3.8, 4) is 0 Å². The molecule has 1 atom stereocenters. The first-order valence-electron chi connectivity index (χ1n) is 7.68. The summed E-state index contributed by atoms with van der Waals surface area (Å²) in [6.07, 6.45) is 0. The Hall–Kier alpha value is -2.80. The summed E-state index contributed by atoms with van der Waals surface area (Å²) in [6.45, 7) is 1.76. The molecule has 0 bridgehead atoms. The van der Waals surface area contributed by atoms with Gasteiger partial charge in [-0.15, -0.1) is 0 Å². The van der Waals surface area contributed by atoms with Crippen LogP contribution in [-0.4, -0.2) is 29.0 Å². The number of benzene rings is 2. The van der Waals surface area contributed by atoms with Crippen molar-refractivity contribution in [2.75, 3.05) is 16.3 Å². The van der Waals surface area contributed by atoms with Crippen molar-refractivity contribution in [2.24, 2.45) is 5.73 Å². The predicted octanol–water partition coefficient (Wildman–Crippen LogP) is 2.51. The number of carbonyl (C=O) groups excluding carboxylic acids is 3. The normalized spacial score (nSPS) is 17.0. The van der Waals surface area contributed by atoms with Gasteiger partial charge in [-0.25, -0.2) is 4.90 Å². The van der Waals surface area contributed by atoms with Gasteiger partial charge in [0.25, 0.3) is 11.1 Å². The van der Waals surface area contributed by atoms with Gasteiger partial charge in [0.15, 0.2) is 5.37 Å². The molecular weight excluding hydrogens is 338 g/mol. The van der Waals surface area contributed by atoms with Crippen molar-refractivity contribution in [3.05, 3.63) is 60.2 Å². The van der Waals surface area contributed by atoms with E-state index in [2.05, 4.69) is 0 Å². The van der Waals surface area contributed by atoms with E-state index in [9.17, 15) is 14.4 Å². The molecule has 0 saturated carbocycles. The lowest BCUT2D eigenvalue weighted by atomic mass is 10.2. The first kappa shape index (κ1) is 17.0. The van der Waals surface area contributed by atoms with Crippen LogP contribution in [0.5, 0.6) is 0 Å². The summed E-state index contributed by atoms with van der Waals surface area (Å²) in [4.78, 5) is 39.5. The number of thioether (sulfide) groups is 1. The minimum atomic E-state index is -0.831. The van der Waals surface area contributed by atoms with Crippen LogP contribution in [0.4, 0.5) is 16.2 Å². The Labute approximate surface area is 149 Å². The van der Waals surface area contributed by atoms with Crippen molar-refractivity contribution < 1.29 is 14.4 Å². The Morgan fingerprint density at radius 2 is 1.88 bits per heavy atom. The first-order chi connectivity index (χ1) is 12.0. The molecule has 3 amide bonds. The minimum Gasteiger partial charge on any atom is -0.368 e. The summed E-state index contributed by atoms with van der Waals surface area (Å²) in [5.74, 6) is -0.954. The Balaban J connectivity index is 1.95. The van der Waals surface area contributed by atoms with E-state index in [4.69, 9.17) is 5.73 Å². The highest BCUT2D eigenvalue weighted by atomic mass is 32.2. The lowest BCUT2D eigenvalue weighted by Crippen LogP contribution is -2.45. The fourth-order valence-corrected chi connectivity index (χ4v) is 3.71. The van der Waals surface area contributed by atoms with Gasteiger partial charge in [0.2, 0.25) is 5.91 Å². The first-order valence-corrected chi connectivity index (χ1v) is 8.56. The highest BCUT2D eigenvalue weighted by molar-refractivity contribution is 8.16. The third kappa shape index (κ3) is 3.51. The van der Waals surface area contributed by atoms with E-state index in [1.165, 1.54) is 0 Å². The molecule has 2 N–H and O–H groups in total. The van der Waals surface area contributed by atoms with E-state index in [1.54, 1.807) is 35.2 Å². The van der Waals surface area contributed by atoms with Crippen LogP contribution in [0.1, 0.15) is 5.56 Å². The fourth-order valence-electron chi connectivity index (χ4n) is 2.69. The number of primary amides is 1. The minimum absolute atomic E-state index is 0.150. The molecule has 0 aliphatic carbocycles. The molecule has 0 unspecified atom stereocenters. The lowest BCUT2D eigenvalue weighted by Gasteiger charge is -2.27. The highest BCUT2D eigenvalue weighted by Gasteiger charge is 2.44. The van der Waals surface area contributed by atoms with Crippen LogP contribution in [0.15, 0.2) is 54.6 Å². The quantitative estimate of drug-likeness (QED) is 0.891. The van der Waals surface area contributed by atoms with Crippen LogP contribution in [0.2, 0.25) is 0 Å². The van der Waals surface area contributed by atoms with Crippen LogP contribution in [0.25, 0.3) is 0 Å². The van der Waals surface area contributed by atoms with Crippen LogP contribution < -0.4 is 15.5 Å². The Bertz CT molecular complexity index is 825. The molecule has 25 heavy (non-hydrogen) atoms. The molecule has 0 aromatic heterocycles. The molecule has 1 heterocycles. The molecule has 7 heteroatoms. The summed E-state index contributed by atoms with van der Waals surface area (Å²) < 4.78 is 0. The van der Waals surface area contributed by atoms with Gasteiger partial charge in [-0.1, -0.05) is 30.3 Å². The summed E-state index contributed by atoms with van der Waals surface area (Å²) in [5.41, 5.74) is 7.53. The van der Waals surface area contributed by atoms with E-state index in [0.29, 0.717) is 11.4 Å². The van der Waals surface area contributed by atoms with Gasteiger partial charge < -0.3 is 10.6 Å². The van der Waals surface area contributed by atoms with Gasteiger partial charge in [0.05, 0.1) is 12.2 Å². The lowest BCUT2D eigenvalue weighted by molar-refractivity contribution is -0.117. The number of para-hydroxylation sites is 1. The number of nitrogens with zero attached hydrogens (tertiary/aromatic N) is 2. The van der Waals surface area contributed by atoms with E-state index in [-0.39, 0.29) is 17.7 Å². The third-order valence-electron chi connectivity index (χ3n) is 3.78. The second kappa shape index (κ2) is 6.98. The average molecular weight is 355 g/mol. The van der Waals surface area contributed by atoms with Crippen molar-refractivity contribution in [2.45, 2.75) is 12.3 Å². The maximum Gasteiger partial charge on any atom is 0.295 e. The number of hydrogen-bond donors (Lipinski definition) is 1. The Morgan fingerprint density at radius 1 is 1.16 bits per heavy atom. The molecule has 128 valence electrons. The zero-order valence-corrected chi connectivity index (χ0v) is 14.4. The number of rotatable bonds is 5.